The van der Waals surface area contributed by atoms with Gasteiger partial charge >= 0.3 is 12.1 Å². The van der Waals surface area contributed by atoms with E-state index in [-0.39, 0.29) is 22.3 Å². The first-order valence-electron chi connectivity index (χ1n) is 9.81. The Morgan fingerprint density at radius 1 is 1.12 bits per heavy atom. The minimum atomic E-state index is -4.69. The van der Waals surface area contributed by atoms with E-state index >= 15 is 0 Å². The molecule has 1 aliphatic rings. The number of esters is 1. The van der Waals surface area contributed by atoms with Crippen molar-refractivity contribution in [2.45, 2.75) is 43.0 Å². The van der Waals surface area contributed by atoms with Crippen LogP contribution in [-0.4, -0.2) is 39.5 Å². The summed E-state index contributed by atoms with van der Waals surface area (Å²) in [6.45, 7) is 1.18. The van der Waals surface area contributed by atoms with E-state index in [0.717, 1.165) is 18.2 Å². The summed E-state index contributed by atoms with van der Waals surface area (Å²) < 4.78 is 77.1. The Hall–Kier alpha value is -3.12. The largest absolute Gasteiger partial charge is 0.495 e. The molecule has 12 heteroatoms. The van der Waals surface area contributed by atoms with Crippen molar-refractivity contribution in [3.8, 4) is 5.75 Å². The summed E-state index contributed by atoms with van der Waals surface area (Å²) in [6, 6.07) is 7.76. The summed E-state index contributed by atoms with van der Waals surface area (Å²) in [5.74, 6) is -2.02. The number of anilines is 1. The van der Waals surface area contributed by atoms with Crippen LogP contribution in [0.1, 0.15) is 35.7 Å². The molecule has 178 valence electrons. The maximum atomic E-state index is 13.1. The van der Waals surface area contributed by atoms with Gasteiger partial charge in [-0.2, -0.15) is 13.2 Å². The summed E-state index contributed by atoms with van der Waals surface area (Å²) >= 11 is 0. The van der Waals surface area contributed by atoms with Crippen LogP contribution in [0.3, 0.4) is 0 Å². The van der Waals surface area contributed by atoms with Gasteiger partial charge in [0.25, 0.3) is 5.91 Å². The lowest BCUT2D eigenvalue weighted by Crippen LogP contribution is -2.31. The van der Waals surface area contributed by atoms with Crippen LogP contribution in [0.25, 0.3) is 0 Å². The Morgan fingerprint density at radius 2 is 1.79 bits per heavy atom. The number of hydrogen-bond donors (Lipinski definition) is 2. The molecule has 0 radical (unpaired) electrons. The Bertz CT molecular complexity index is 1160. The number of halogens is 3. The Labute approximate surface area is 188 Å². The zero-order valence-electron chi connectivity index (χ0n) is 17.6. The van der Waals surface area contributed by atoms with Crippen LogP contribution in [0.5, 0.6) is 5.75 Å². The zero-order chi connectivity index (χ0) is 24.4. The Kier molecular flexibility index (Phi) is 6.98. The highest BCUT2D eigenvalue weighted by molar-refractivity contribution is 7.89. The zero-order valence-corrected chi connectivity index (χ0v) is 18.4. The number of ether oxygens (including phenoxy) is 2. The van der Waals surface area contributed by atoms with Gasteiger partial charge in [-0.1, -0.05) is 12.1 Å². The molecule has 33 heavy (non-hydrogen) atoms. The van der Waals surface area contributed by atoms with Gasteiger partial charge in [0.1, 0.15) is 10.6 Å². The van der Waals surface area contributed by atoms with E-state index in [1.165, 1.54) is 38.3 Å². The molecule has 1 saturated carbocycles. The van der Waals surface area contributed by atoms with Gasteiger partial charge in [0.2, 0.25) is 10.0 Å². The summed E-state index contributed by atoms with van der Waals surface area (Å²) in [5, 5.41) is 2.09. The molecule has 1 atom stereocenters. The van der Waals surface area contributed by atoms with E-state index in [0.29, 0.717) is 12.8 Å². The number of para-hydroxylation sites is 1. The molecule has 0 saturated heterocycles. The second kappa shape index (κ2) is 9.40. The molecule has 0 aromatic heterocycles. The number of hydrogen-bond acceptors (Lipinski definition) is 6. The van der Waals surface area contributed by atoms with Crippen molar-refractivity contribution in [2.75, 3.05) is 12.4 Å². The third-order valence-corrected chi connectivity index (χ3v) is 6.27. The SMILES string of the molecule is COc1ccc(C(=O)OC(C)C(=O)Nc2ccccc2C(F)(F)F)cc1S(=O)(=O)NC1CC1. The van der Waals surface area contributed by atoms with Gasteiger partial charge in [0, 0.05) is 6.04 Å². The van der Waals surface area contributed by atoms with Gasteiger partial charge in [0.15, 0.2) is 6.10 Å². The van der Waals surface area contributed by atoms with Crippen LogP contribution in [-0.2, 0) is 25.7 Å². The minimum absolute atomic E-state index is 0.00856. The number of carbonyl (C=O) groups excluding carboxylic acids is 2. The molecule has 0 aliphatic heterocycles. The second-order valence-corrected chi connectivity index (χ2v) is 9.02. The molecule has 2 aromatic rings. The van der Waals surface area contributed by atoms with Crippen LogP contribution in [0.2, 0.25) is 0 Å². The van der Waals surface area contributed by atoms with E-state index in [2.05, 4.69) is 10.0 Å². The number of carbonyl (C=O) groups is 2. The van der Waals surface area contributed by atoms with E-state index in [1.807, 2.05) is 0 Å². The topological polar surface area (TPSA) is 111 Å². The number of amides is 1. The standard InChI is InChI=1S/C21H21F3N2O6S/c1-12(19(27)25-16-6-4-3-5-15(16)21(22,23)24)32-20(28)13-7-10-17(31-2)18(11-13)33(29,30)26-14-8-9-14/h3-7,10-12,14,26H,8-9H2,1-2H3,(H,25,27). The van der Waals surface area contributed by atoms with Gasteiger partial charge in [0.05, 0.1) is 23.9 Å². The fourth-order valence-corrected chi connectivity index (χ4v) is 4.35. The van der Waals surface area contributed by atoms with Crippen LogP contribution in [0.4, 0.5) is 18.9 Å². The monoisotopic (exact) mass is 486 g/mol. The van der Waals surface area contributed by atoms with Crippen LogP contribution in [0, 0.1) is 0 Å². The summed E-state index contributed by atoms with van der Waals surface area (Å²) in [4.78, 5) is 24.6. The van der Waals surface area contributed by atoms with Crippen molar-refractivity contribution in [1.82, 2.24) is 4.72 Å². The van der Waals surface area contributed by atoms with Crippen molar-refractivity contribution >= 4 is 27.6 Å². The highest BCUT2D eigenvalue weighted by atomic mass is 32.2. The number of sulfonamides is 1. The van der Waals surface area contributed by atoms with Gasteiger partial charge in [-0.25, -0.2) is 17.9 Å². The van der Waals surface area contributed by atoms with Gasteiger partial charge in [-0.3, -0.25) is 4.79 Å². The predicted molar refractivity (Wildman–Crippen MR) is 111 cm³/mol. The highest BCUT2D eigenvalue weighted by Crippen LogP contribution is 2.34. The fourth-order valence-electron chi connectivity index (χ4n) is 2.85. The molecular weight excluding hydrogens is 465 g/mol. The summed E-state index contributed by atoms with van der Waals surface area (Å²) in [7, 11) is -2.70. The maximum absolute atomic E-state index is 13.1. The molecule has 1 fully saturated rings. The number of benzene rings is 2. The third kappa shape index (κ3) is 6.02. The lowest BCUT2D eigenvalue weighted by Gasteiger charge is -2.17. The van der Waals surface area contributed by atoms with Crippen molar-refractivity contribution in [1.29, 1.82) is 0 Å². The Morgan fingerprint density at radius 3 is 2.39 bits per heavy atom. The first-order chi connectivity index (χ1) is 15.4. The lowest BCUT2D eigenvalue weighted by atomic mass is 10.1. The van der Waals surface area contributed by atoms with Crippen LogP contribution in [0.15, 0.2) is 47.4 Å². The van der Waals surface area contributed by atoms with Crippen molar-refractivity contribution in [3.05, 3.63) is 53.6 Å². The van der Waals surface area contributed by atoms with Crippen LogP contribution >= 0.6 is 0 Å². The fraction of sp³-hybridized carbons (Fsp3) is 0.333. The molecule has 0 bridgehead atoms. The van der Waals surface area contributed by atoms with Gasteiger partial charge < -0.3 is 14.8 Å². The molecule has 0 heterocycles. The molecule has 3 rings (SSSR count). The van der Waals surface area contributed by atoms with Crippen molar-refractivity contribution in [3.63, 3.8) is 0 Å². The molecule has 1 amide bonds. The molecular formula is C21H21F3N2O6S. The van der Waals surface area contributed by atoms with Crippen molar-refractivity contribution in [2.24, 2.45) is 0 Å². The number of methoxy groups -OCH3 is 1. The predicted octanol–water partition coefficient (Wildman–Crippen LogP) is 3.34. The number of alkyl halides is 3. The highest BCUT2D eigenvalue weighted by Gasteiger charge is 2.34. The molecule has 2 aromatic carbocycles. The molecule has 0 spiro atoms. The molecule has 1 aliphatic carbocycles. The summed E-state index contributed by atoms with van der Waals surface area (Å²) in [6.07, 6.45) is -4.75. The maximum Gasteiger partial charge on any atom is 0.418 e. The van der Waals surface area contributed by atoms with Crippen molar-refractivity contribution < 1.29 is 40.7 Å². The Balaban J connectivity index is 1.75. The second-order valence-electron chi connectivity index (χ2n) is 7.34. The van der Waals surface area contributed by atoms with Crippen LogP contribution < -0.4 is 14.8 Å². The molecule has 2 N–H and O–H groups in total. The van der Waals surface area contributed by atoms with E-state index in [1.54, 1.807) is 0 Å². The van der Waals surface area contributed by atoms with Gasteiger partial charge in [-0.05, 0) is 50.1 Å². The normalized spacial score (nSPS) is 14.9. The average molecular weight is 486 g/mol. The number of rotatable bonds is 8. The smallest absolute Gasteiger partial charge is 0.418 e. The first kappa shape index (κ1) is 24.5. The minimum Gasteiger partial charge on any atom is -0.495 e. The molecule has 1 unspecified atom stereocenters. The van der Waals surface area contributed by atoms with Gasteiger partial charge in [-0.15, -0.1) is 0 Å². The lowest BCUT2D eigenvalue weighted by molar-refractivity contribution is -0.137. The average Bonchev–Trinajstić information content (AvgIpc) is 3.56. The summed E-state index contributed by atoms with van der Waals surface area (Å²) in [5.41, 5.74) is -1.71. The quantitative estimate of drug-likeness (QED) is 0.554. The van der Waals surface area contributed by atoms with E-state index in [9.17, 15) is 31.2 Å². The van der Waals surface area contributed by atoms with E-state index < -0.39 is 45.4 Å². The molecule has 8 nitrogen and oxygen atoms in total. The number of nitrogens with one attached hydrogen (secondary N) is 2. The van der Waals surface area contributed by atoms with E-state index in [4.69, 9.17) is 9.47 Å². The first-order valence-corrected chi connectivity index (χ1v) is 11.3. The third-order valence-electron chi connectivity index (χ3n) is 4.73.